The molecule has 0 aliphatic carbocycles. The molecule has 2 aromatic carbocycles. The fourth-order valence-electron chi connectivity index (χ4n) is 2.66. The largest absolute Gasteiger partial charge is 0.497 e. The smallest absolute Gasteiger partial charge is 0.191 e. The van der Waals surface area contributed by atoms with E-state index in [9.17, 15) is 5.11 Å². The van der Waals surface area contributed by atoms with Gasteiger partial charge in [-0.2, -0.15) is 0 Å². The maximum Gasteiger partial charge on any atom is 0.191 e. The quantitative estimate of drug-likeness (QED) is 0.491. The highest BCUT2D eigenvalue weighted by Gasteiger charge is 2.12. The number of nitrogens with zero attached hydrogens (tertiary/aromatic N) is 1. The van der Waals surface area contributed by atoms with E-state index in [1.165, 1.54) is 5.56 Å². The number of aliphatic hydroxyl groups excluding tert-OH is 1. The van der Waals surface area contributed by atoms with Crippen LogP contribution in [0.5, 0.6) is 11.5 Å². The maximum atomic E-state index is 10.5. The number of aliphatic imine (C=N–C) groups is 1. The van der Waals surface area contributed by atoms with Crippen LogP contribution in [0.25, 0.3) is 0 Å². The summed E-state index contributed by atoms with van der Waals surface area (Å²) in [5.41, 5.74) is 3.07. The highest BCUT2D eigenvalue weighted by atomic mass is 16.5. The summed E-state index contributed by atoms with van der Waals surface area (Å²) >= 11 is 0. The minimum atomic E-state index is -0.725. The molecule has 6 nitrogen and oxygen atoms in total. The summed E-state index contributed by atoms with van der Waals surface area (Å²) in [6.07, 6.45) is -0.725. The lowest BCUT2D eigenvalue weighted by molar-refractivity contribution is 0.180. The van der Waals surface area contributed by atoms with Gasteiger partial charge in [-0.05, 0) is 37.1 Å². The van der Waals surface area contributed by atoms with Crippen LogP contribution in [-0.4, -0.2) is 38.4 Å². The summed E-state index contributed by atoms with van der Waals surface area (Å²) in [4.78, 5) is 4.59. The van der Waals surface area contributed by atoms with Gasteiger partial charge in [0.2, 0.25) is 0 Å². The molecule has 1 atom stereocenters. The molecule has 3 N–H and O–H groups in total. The molecule has 0 aliphatic heterocycles. The molecule has 0 fully saturated rings. The highest BCUT2D eigenvalue weighted by molar-refractivity contribution is 5.79. The van der Waals surface area contributed by atoms with Crippen molar-refractivity contribution in [2.45, 2.75) is 26.5 Å². The molecular formula is C21H29N3O3. The van der Waals surface area contributed by atoms with Crippen LogP contribution in [0.15, 0.2) is 47.5 Å². The van der Waals surface area contributed by atoms with Gasteiger partial charge in [-0.3, -0.25) is 0 Å². The third-order valence-corrected chi connectivity index (χ3v) is 4.07. The zero-order chi connectivity index (χ0) is 19.6. The number of aryl methyl sites for hydroxylation is 1. The molecule has 27 heavy (non-hydrogen) atoms. The number of hydrogen-bond donors (Lipinski definition) is 3. The zero-order valence-corrected chi connectivity index (χ0v) is 16.5. The Balaban J connectivity index is 2.03. The van der Waals surface area contributed by atoms with Gasteiger partial charge in [-0.15, -0.1) is 0 Å². The Morgan fingerprint density at radius 3 is 2.37 bits per heavy atom. The first kappa shape index (κ1) is 20.6. The average molecular weight is 371 g/mol. The number of hydrogen-bond acceptors (Lipinski definition) is 4. The molecule has 0 amide bonds. The minimum absolute atomic E-state index is 0.315. The molecule has 0 bridgehead atoms. The van der Waals surface area contributed by atoms with E-state index in [1.807, 2.05) is 13.0 Å². The lowest BCUT2D eigenvalue weighted by atomic mass is 10.1. The zero-order valence-electron chi connectivity index (χ0n) is 16.5. The molecule has 2 aromatic rings. The molecule has 0 spiro atoms. The van der Waals surface area contributed by atoms with Crippen molar-refractivity contribution >= 4 is 5.96 Å². The van der Waals surface area contributed by atoms with Crippen molar-refractivity contribution in [3.05, 3.63) is 59.2 Å². The van der Waals surface area contributed by atoms with E-state index in [4.69, 9.17) is 9.47 Å². The van der Waals surface area contributed by atoms with Crippen LogP contribution < -0.4 is 20.1 Å². The second-order valence-electron chi connectivity index (χ2n) is 6.23. The number of rotatable bonds is 8. The van der Waals surface area contributed by atoms with Crippen LogP contribution in [0.2, 0.25) is 0 Å². The number of ether oxygens (including phenoxy) is 2. The molecule has 6 heteroatoms. The fourth-order valence-corrected chi connectivity index (χ4v) is 2.66. The number of nitrogens with one attached hydrogen (secondary N) is 2. The van der Waals surface area contributed by atoms with E-state index >= 15 is 0 Å². The van der Waals surface area contributed by atoms with Gasteiger partial charge in [0.1, 0.15) is 11.5 Å². The molecule has 0 aliphatic rings. The van der Waals surface area contributed by atoms with Crippen molar-refractivity contribution in [1.82, 2.24) is 10.6 Å². The minimum Gasteiger partial charge on any atom is -0.497 e. The number of aliphatic hydroxyl groups is 1. The van der Waals surface area contributed by atoms with Crippen LogP contribution >= 0.6 is 0 Å². The van der Waals surface area contributed by atoms with Crippen molar-refractivity contribution in [3.63, 3.8) is 0 Å². The molecule has 1 unspecified atom stereocenters. The predicted molar refractivity (Wildman–Crippen MR) is 109 cm³/mol. The van der Waals surface area contributed by atoms with Gasteiger partial charge < -0.3 is 25.2 Å². The van der Waals surface area contributed by atoms with E-state index < -0.39 is 6.10 Å². The first-order valence-electron chi connectivity index (χ1n) is 9.04. The average Bonchev–Trinajstić information content (AvgIpc) is 2.69. The predicted octanol–water partition coefficient (Wildman–Crippen LogP) is 2.80. The third kappa shape index (κ3) is 6.49. The molecule has 0 radical (unpaired) electrons. The Hall–Kier alpha value is -2.73. The van der Waals surface area contributed by atoms with Gasteiger partial charge in [0.15, 0.2) is 5.96 Å². The second kappa shape index (κ2) is 10.4. The summed E-state index contributed by atoms with van der Waals surface area (Å²) in [7, 11) is 3.18. The van der Waals surface area contributed by atoms with Crippen molar-refractivity contribution in [1.29, 1.82) is 0 Å². The van der Waals surface area contributed by atoms with Crippen LogP contribution in [0.3, 0.4) is 0 Å². The molecule has 0 heterocycles. The molecule has 0 saturated carbocycles. The molecule has 146 valence electrons. The maximum absolute atomic E-state index is 10.5. The van der Waals surface area contributed by atoms with Gasteiger partial charge in [0.05, 0.1) is 26.9 Å². The molecule has 2 rings (SSSR count). The van der Waals surface area contributed by atoms with Crippen LogP contribution in [0.4, 0.5) is 0 Å². The lowest BCUT2D eigenvalue weighted by Gasteiger charge is -2.17. The fraction of sp³-hybridized carbons (Fsp3) is 0.381. The third-order valence-electron chi connectivity index (χ3n) is 4.07. The summed E-state index contributed by atoms with van der Waals surface area (Å²) in [5, 5.41) is 16.9. The van der Waals surface area contributed by atoms with Gasteiger partial charge in [0, 0.05) is 19.2 Å². The van der Waals surface area contributed by atoms with Crippen LogP contribution in [0, 0.1) is 6.92 Å². The Bertz CT molecular complexity index is 740. The van der Waals surface area contributed by atoms with E-state index in [2.05, 4.69) is 40.7 Å². The first-order chi connectivity index (χ1) is 13.0. The summed E-state index contributed by atoms with van der Waals surface area (Å²) < 4.78 is 10.5. The summed E-state index contributed by atoms with van der Waals surface area (Å²) in [6.45, 7) is 5.70. The second-order valence-corrected chi connectivity index (χ2v) is 6.23. The van der Waals surface area contributed by atoms with E-state index in [0.717, 1.165) is 12.1 Å². The van der Waals surface area contributed by atoms with E-state index in [1.54, 1.807) is 32.4 Å². The van der Waals surface area contributed by atoms with Crippen molar-refractivity contribution in [2.75, 3.05) is 27.3 Å². The van der Waals surface area contributed by atoms with Crippen LogP contribution in [-0.2, 0) is 6.54 Å². The van der Waals surface area contributed by atoms with E-state index in [-0.39, 0.29) is 0 Å². The summed E-state index contributed by atoms with van der Waals surface area (Å²) in [6, 6.07) is 13.6. The number of benzene rings is 2. The lowest BCUT2D eigenvalue weighted by Crippen LogP contribution is -2.39. The Labute approximate surface area is 161 Å². The number of guanidine groups is 1. The van der Waals surface area contributed by atoms with E-state index in [0.29, 0.717) is 36.1 Å². The summed E-state index contributed by atoms with van der Waals surface area (Å²) in [5.74, 6) is 1.94. The van der Waals surface area contributed by atoms with Gasteiger partial charge in [-0.25, -0.2) is 4.99 Å². The molecule has 0 saturated heterocycles. The SMILES string of the molecule is CCNC(=NCc1cccc(C)c1)NCC(O)c1cc(OC)cc(OC)c1. The monoisotopic (exact) mass is 371 g/mol. The molecular weight excluding hydrogens is 342 g/mol. The van der Waals surface area contributed by atoms with Gasteiger partial charge in [-0.1, -0.05) is 29.8 Å². The highest BCUT2D eigenvalue weighted by Crippen LogP contribution is 2.26. The standard InChI is InChI=1S/C21H29N3O3/c1-5-22-21(23-13-16-8-6-7-15(2)9-16)24-14-20(25)17-10-18(26-3)12-19(11-17)27-4/h6-12,20,25H,5,13-14H2,1-4H3,(H2,22,23,24). The van der Waals surface area contributed by atoms with Crippen molar-refractivity contribution in [3.8, 4) is 11.5 Å². The first-order valence-corrected chi connectivity index (χ1v) is 9.04. The van der Waals surface area contributed by atoms with Crippen molar-refractivity contribution in [2.24, 2.45) is 4.99 Å². The van der Waals surface area contributed by atoms with Gasteiger partial charge >= 0.3 is 0 Å². The Morgan fingerprint density at radius 1 is 1.07 bits per heavy atom. The molecule has 0 aromatic heterocycles. The Kier molecular flexibility index (Phi) is 7.95. The van der Waals surface area contributed by atoms with Crippen molar-refractivity contribution < 1.29 is 14.6 Å². The Morgan fingerprint density at radius 2 is 1.78 bits per heavy atom. The van der Waals surface area contributed by atoms with Crippen LogP contribution in [0.1, 0.15) is 29.7 Å². The number of methoxy groups -OCH3 is 2. The normalized spacial score (nSPS) is 12.4. The van der Waals surface area contributed by atoms with Gasteiger partial charge in [0.25, 0.3) is 0 Å². The topological polar surface area (TPSA) is 75.1 Å².